The Kier molecular flexibility index (Phi) is 3.32. The number of rotatable bonds is 3. The summed E-state index contributed by atoms with van der Waals surface area (Å²) in [6.07, 6.45) is 3.26. The Morgan fingerprint density at radius 1 is 1.11 bits per heavy atom. The molecule has 2 aliphatic rings. The Morgan fingerprint density at radius 3 is 2.32 bits per heavy atom. The number of amides is 1. The summed E-state index contributed by atoms with van der Waals surface area (Å²) in [6, 6.07) is 7.97. The van der Waals surface area contributed by atoms with E-state index in [9.17, 15) is 4.79 Å². The molecule has 19 heavy (non-hydrogen) atoms. The van der Waals surface area contributed by atoms with Crippen LogP contribution in [0.5, 0.6) is 0 Å². The first-order valence-electron chi connectivity index (χ1n) is 7.10. The highest BCUT2D eigenvalue weighted by Gasteiger charge is 2.28. The van der Waals surface area contributed by atoms with E-state index in [0.29, 0.717) is 11.8 Å². The molecule has 3 rings (SSSR count). The van der Waals surface area contributed by atoms with Gasteiger partial charge in [-0.2, -0.15) is 0 Å². The van der Waals surface area contributed by atoms with Gasteiger partial charge in [-0.05, 0) is 43.0 Å². The SMILES string of the molecule is Nc1ccc(N2CCN(C(=O)CC3CC3)CC2)cc1. The summed E-state index contributed by atoms with van der Waals surface area (Å²) >= 11 is 0. The highest BCUT2D eigenvalue weighted by Crippen LogP contribution is 2.33. The number of hydrogen-bond acceptors (Lipinski definition) is 3. The van der Waals surface area contributed by atoms with Crippen LogP contribution in [0.3, 0.4) is 0 Å². The molecule has 1 aliphatic carbocycles. The first-order chi connectivity index (χ1) is 9.22. The van der Waals surface area contributed by atoms with Crippen molar-refractivity contribution in [1.29, 1.82) is 0 Å². The van der Waals surface area contributed by atoms with Crippen LogP contribution in [-0.2, 0) is 4.79 Å². The van der Waals surface area contributed by atoms with Gasteiger partial charge >= 0.3 is 0 Å². The van der Waals surface area contributed by atoms with Crippen molar-refractivity contribution in [3.05, 3.63) is 24.3 Å². The maximum Gasteiger partial charge on any atom is 0.222 e. The quantitative estimate of drug-likeness (QED) is 0.841. The molecule has 0 aromatic heterocycles. The Hall–Kier alpha value is -1.71. The summed E-state index contributed by atoms with van der Waals surface area (Å²) in [6.45, 7) is 3.52. The van der Waals surface area contributed by atoms with Crippen molar-refractivity contribution in [3.63, 3.8) is 0 Å². The number of carbonyl (C=O) groups excluding carboxylic acids is 1. The molecule has 1 amide bonds. The lowest BCUT2D eigenvalue weighted by atomic mass is 10.2. The fourth-order valence-corrected chi connectivity index (χ4v) is 2.60. The van der Waals surface area contributed by atoms with E-state index in [1.807, 2.05) is 17.0 Å². The maximum absolute atomic E-state index is 12.0. The van der Waals surface area contributed by atoms with Crippen molar-refractivity contribution in [2.24, 2.45) is 5.92 Å². The second kappa shape index (κ2) is 5.11. The van der Waals surface area contributed by atoms with Crippen molar-refractivity contribution in [3.8, 4) is 0 Å². The smallest absolute Gasteiger partial charge is 0.222 e. The van der Waals surface area contributed by atoms with Crippen molar-refractivity contribution in [2.45, 2.75) is 19.3 Å². The van der Waals surface area contributed by atoms with Crippen LogP contribution < -0.4 is 10.6 Å². The minimum absolute atomic E-state index is 0.347. The molecule has 4 heteroatoms. The number of piperazine rings is 1. The molecule has 0 unspecified atom stereocenters. The second-order valence-corrected chi connectivity index (χ2v) is 5.61. The largest absolute Gasteiger partial charge is 0.399 e. The van der Waals surface area contributed by atoms with Crippen LogP contribution in [0.1, 0.15) is 19.3 Å². The lowest BCUT2D eigenvalue weighted by Crippen LogP contribution is -2.48. The third-order valence-electron chi connectivity index (χ3n) is 4.05. The molecule has 1 saturated carbocycles. The van der Waals surface area contributed by atoms with Crippen LogP contribution in [0, 0.1) is 5.92 Å². The molecule has 102 valence electrons. The van der Waals surface area contributed by atoms with E-state index >= 15 is 0 Å². The van der Waals surface area contributed by atoms with Crippen molar-refractivity contribution < 1.29 is 4.79 Å². The Balaban J connectivity index is 1.53. The topological polar surface area (TPSA) is 49.6 Å². The summed E-state index contributed by atoms with van der Waals surface area (Å²) < 4.78 is 0. The number of carbonyl (C=O) groups is 1. The molecule has 0 bridgehead atoms. The predicted molar refractivity (Wildman–Crippen MR) is 77.0 cm³/mol. The zero-order valence-corrected chi connectivity index (χ0v) is 11.2. The number of nitrogens with zero attached hydrogens (tertiary/aromatic N) is 2. The van der Waals surface area contributed by atoms with Crippen LogP contribution in [0.25, 0.3) is 0 Å². The average Bonchev–Trinajstić information content (AvgIpc) is 3.24. The lowest BCUT2D eigenvalue weighted by Gasteiger charge is -2.36. The first kappa shape index (κ1) is 12.3. The fraction of sp³-hybridized carbons (Fsp3) is 0.533. The number of nitrogens with two attached hydrogens (primary N) is 1. The van der Waals surface area contributed by atoms with Gasteiger partial charge in [-0.3, -0.25) is 4.79 Å². The molecular weight excluding hydrogens is 238 g/mol. The highest BCUT2D eigenvalue weighted by atomic mass is 16.2. The molecule has 1 aromatic carbocycles. The van der Waals surface area contributed by atoms with E-state index in [0.717, 1.165) is 38.3 Å². The normalized spacial score (nSPS) is 19.6. The summed E-state index contributed by atoms with van der Waals surface area (Å²) in [5, 5.41) is 0. The van der Waals surface area contributed by atoms with Crippen LogP contribution in [0.15, 0.2) is 24.3 Å². The fourth-order valence-electron chi connectivity index (χ4n) is 2.60. The zero-order chi connectivity index (χ0) is 13.2. The Morgan fingerprint density at radius 2 is 1.74 bits per heavy atom. The van der Waals surface area contributed by atoms with Crippen molar-refractivity contribution >= 4 is 17.3 Å². The van der Waals surface area contributed by atoms with E-state index in [2.05, 4.69) is 17.0 Å². The molecule has 1 aliphatic heterocycles. The van der Waals surface area contributed by atoms with Gasteiger partial charge in [0, 0.05) is 44.0 Å². The third-order valence-corrected chi connectivity index (χ3v) is 4.05. The van der Waals surface area contributed by atoms with Gasteiger partial charge in [-0.25, -0.2) is 0 Å². The first-order valence-corrected chi connectivity index (χ1v) is 7.10. The molecule has 2 N–H and O–H groups in total. The molecule has 0 spiro atoms. The zero-order valence-electron chi connectivity index (χ0n) is 11.2. The minimum Gasteiger partial charge on any atom is -0.399 e. The van der Waals surface area contributed by atoms with Gasteiger partial charge in [-0.15, -0.1) is 0 Å². The second-order valence-electron chi connectivity index (χ2n) is 5.61. The van der Waals surface area contributed by atoms with E-state index < -0.39 is 0 Å². The Labute approximate surface area is 114 Å². The summed E-state index contributed by atoms with van der Waals surface area (Å²) in [5.74, 6) is 1.03. The predicted octanol–water partition coefficient (Wildman–Crippen LogP) is 1.72. The number of benzene rings is 1. The minimum atomic E-state index is 0.347. The number of nitrogen functional groups attached to an aromatic ring is 1. The van der Waals surface area contributed by atoms with Gasteiger partial charge in [0.05, 0.1) is 0 Å². The molecule has 1 aromatic rings. The van der Waals surface area contributed by atoms with Crippen LogP contribution in [0.2, 0.25) is 0 Å². The summed E-state index contributed by atoms with van der Waals surface area (Å²) in [4.78, 5) is 16.4. The lowest BCUT2D eigenvalue weighted by molar-refractivity contribution is -0.131. The molecule has 1 saturated heterocycles. The Bertz CT molecular complexity index is 445. The van der Waals surface area contributed by atoms with Crippen LogP contribution in [-0.4, -0.2) is 37.0 Å². The summed E-state index contributed by atoms with van der Waals surface area (Å²) in [5.41, 5.74) is 7.69. The monoisotopic (exact) mass is 259 g/mol. The van der Waals surface area contributed by atoms with Gasteiger partial charge in [0.15, 0.2) is 0 Å². The standard InChI is InChI=1S/C15H21N3O/c16-13-3-5-14(6-4-13)17-7-9-18(10-8-17)15(19)11-12-1-2-12/h3-6,12H,1-2,7-11,16H2. The summed E-state index contributed by atoms with van der Waals surface area (Å²) in [7, 11) is 0. The van der Waals surface area contributed by atoms with Crippen molar-refractivity contribution in [2.75, 3.05) is 36.8 Å². The van der Waals surface area contributed by atoms with E-state index in [1.165, 1.54) is 18.5 Å². The van der Waals surface area contributed by atoms with Gasteiger partial charge in [0.1, 0.15) is 0 Å². The van der Waals surface area contributed by atoms with Gasteiger partial charge < -0.3 is 15.5 Å². The van der Waals surface area contributed by atoms with Gasteiger partial charge in [0.2, 0.25) is 5.91 Å². The molecule has 4 nitrogen and oxygen atoms in total. The third kappa shape index (κ3) is 3.00. The van der Waals surface area contributed by atoms with Crippen LogP contribution >= 0.6 is 0 Å². The molecular formula is C15H21N3O. The van der Waals surface area contributed by atoms with E-state index in [4.69, 9.17) is 5.73 Å². The van der Waals surface area contributed by atoms with Crippen molar-refractivity contribution in [1.82, 2.24) is 4.90 Å². The number of anilines is 2. The molecule has 0 radical (unpaired) electrons. The van der Waals surface area contributed by atoms with E-state index in [1.54, 1.807) is 0 Å². The average molecular weight is 259 g/mol. The van der Waals surface area contributed by atoms with E-state index in [-0.39, 0.29) is 0 Å². The van der Waals surface area contributed by atoms with Crippen LogP contribution in [0.4, 0.5) is 11.4 Å². The molecule has 1 heterocycles. The molecule has 2 fully saturated rings. The number of hydrogen-bond donors (Lipinski definition) is 1. The van der Waals surface area contributed by atoms with Gasteiger partial charge in [-0.1, -0.05) is 0 Å². The highest BCUT2D eigenvalue weighted by molar-refractivity contribution is 5.77. The van der Waals surface area contributed by atoms with Gasteiger partial charge in [0.25, 0.3) is 0 Å². The maximum atomic E-state index is 12.0. The molecule has 0 atom stereocenters.